The van der Waals surface area contributed by atoms with E-state index in [0.717, 1.165) is 0 Å². The lowest BCUT2D eigenvalue weighted by Crippen LogP contribution is -2.25. The lowest BCUT2D eigenvalue weighted by Gasteiger charge is -1.85. The highest BCUT2D eigenvalue weighted by molar-refractivity contribution is 5.73. The summed E-state index contributed by atoms with van der Waals surface area (Å²) in [5.74, 6) is -0.329. The predicted octanol–water partition coefficient (Wildman–Crippen LogP) is -2.06. The van der Waals surface area contributed by atoms with Gasteiger partial charge in [0.1, 0.15) is 0 Å². The highest BCUT2D eigenvalue weighted by Gasteiger charge is 1.65. The molecule has 0 heterocycles. The first-order valence-corrected chi connectivity index (χ1v) is 2.12. The van der Waals surface area contributed by atoms with Crippen LogP contribution in [0.15, 0.2) is 0 Å². The van der Waals surface area contributed by atoms with Crippen molar-refractivity contribution in [1.29, 1.82) is 10.8 Å². The van der Waals surface area contributed by atoms with Crippen LogP contribution >= 0.6 is 0 Å². The molecule has 6 heteroatoms. The van der Waals surface area contributed by atoms with Gasteiger partial charge in [-0.2, -0.15) is 0 Å². The van der Waals surface area contributed by atoms with E-state index in [0.29, 0.717) is 0 Å². The van der Waals surface area contributed by atoms with Gasteiger partial charge in [-0.05, 0) is 0 Å². The molecule has 0 amide bonds. The quantitative estimate of drug-likeness (QED) is 0.167. The van der Waals surface area contributed by atoms with Crippen molar-refractivity contribution in [3.63, 3.8) is 0 Å². The molecule has 0 unspecified atom stereocenters. The zero-order valence-electron chi connectivity index (χ0n) is 5.23. The Morgan fingerprint density at radius 3 is 1.33 bits per heavy atom. The Kier molecular flexibility index (Phi) is 7.64. The molecule has 0 bridgehead atoms. The summed E-state index contributed by atoms with van der Waals surface area (Å²) in [7, 11) is 1.60. The van der Waals surface area contributed by atoms with Crippen LogP contribution in [0, 0.1) is 10.8 Å². The molecule has 6 nitrogen and oxygen atoms in total. The third-order valence-corrected chi connectivity index (χ3v) is 0.269. The second-order valence-corrected chi connectivity index (χ2v) is 1.12. The van der Waals surface area contributed by atoms with E-state index >= 15 is 0 Å². The molecule has 0 saturated carbocycles. The zero-order chi connectivity index (χ0) is 7.86. The van der Waals surface area contributed by atoms with E-state index in [1.54, 1.807) is 7.05 Å². The fourth-order valence-electron chi connectivity index (χ4n) is 0. The molecular weight excluding hydrogens is 120 g/mol. The minimum Gasteiger partial charge on any atom is -0.370 e. The van der Waals surface area contributed by atoms with Gasteiger partial charge in [-0.3, -0.25) is 10.8 Å². The highest BCUT2D eigenvalue weighted by atomic mass is 15.0. The Labute approximate surface area is 53.4 Å². The van der Waals surface area contributed by atoms with Gasteiger partial charge in [0.15, 0.2) is 11.9 Å². The Bertz CT molecular complexity index is 92.5. The van der Waals surface area contributed by atoms with Gasteiger partial charge < -0.3 is 22.5 Å². The summed E-state index contributed by atoms with van der Waals surface area (Å²) in [6.45, 7) is 0. The summed E-state index contributed by atoms with van der Waals surface area (Å²) in [6.07, 6.45) is 0. The van der Waals surface area contributed by atoms with Crippen molar-refractivity contribution >= 4 is 11.9 Å². The van der Waals surface area contributed by atoms with Gasteiger partial charge in [0.05, 0.1) is 0 Å². The number of rotatable bonds is 0. The number of guanidine groups is 2. The smallest absolute Gasteiger partial charge is 0.185 e. The van der Waals surface area contributed by atoms with Crippen molar-refractivity contribution in [3.8, 4) is 0 Å². The first-order valence-electron chi connectivity index (χ1n) is 2.12. The lowest BCUT2D eigenvalue weighted by atomic mass is 11.0. The summed E-state index contributed by atoms with van der Waals surface area (Å²) in [4.78, 5) is 0. The first kappa shape index (κ1) is 10.5. The molecule has 9 N–H and O–H groups in total. The summed E-state index contributed by atoms with van der Waals surface area (Å²) >= 11 is 0. The second kappa shape index (κ2) is 6.54. The van der Waals surface area contributed by atoms with Crippen LogP contribution in [0.4, 0.5) is 0 Å². The molecule has 0 fully saturated rings. The Balaban J connectivity index is 0. The van der Waals surface area contributed by atoms with Crippen molar-refractivity contribution in [2.24, 2.45) is 17.2 Å². The number of nitrogens with one attached hydrogen (secondary N) is 3. The van der Waals surface area contributed by atoms with Crippen LogP contribution in [0.1, 0.15) is 0 Å². The van der Waals surface area contributed by atoms with Gasteiger partial charge in [0.25, 0.3) is 0 Å². The van der Waals surface area contributed by atoms with Crippen molar-refractivity contribution in [2.75, 3.05) is 7.05 Å². The fraction of sp³-hybridized carbons (Fsp3) is 0.333. The second-order valence-electron chi connectivity index (χ2n) is 1.12. The van der Waals surface area contributed by atoms with Crippen LogP contribution in [0.3, 0.4) is 0 Å². The maximum Gasteiger partial charge on any atom is 0.185 e. The Morgan fingerprint density at radius 1 is 1.22 bits per heavy atom. The summed E-state index contributed by atoms with van der Waals surface area (Å²) in [6, 6.07) is 0. The van der Waals surface area contributed by atoms with E-state index in [1.807, 2.05) is 0 Å². The third kappa shape index (κ3) is 462. The van der Waals surface area contributed by atoms with Crippen LogP contribution in [0.2, 0.25) is 0 Å². The van der Waals surface area contributed by atoms with Crippen LogP contribution in [-0.4, -0.2) is 19.0 Å². The van der Waals surface area contributed by atoms with Gasteiger partial charge in [-0.15, -0.1) is 0 Å². The highest BCUT2D eigenvalue weighted by Crippen LogP contribution is 1.31. The molecule has 0 saturated heterocycles. The average Bonchev–Trinajstić information content (AvgIpc) is 1.65. The summed E-state index contributed by atoms with van der Waals surface area (Å²) < 4.78 is 0. The molecule has 0 radical (unpaired) electrons. The molecule has 0 rings (SSSR count). The van der Waals surface area contributed by atoms with Gasteiger partial charge >= 0.3 is 0 Å². The third-order valence-electron chi connectivity index (χ3n) is 0.269. The lowest BCUT2D eigenvalue weighted by molar-refractivity contribution is 1.12. The minimum atomic E-state index is -0.333. The van der Waals surface area contributed by atoms with E-state index in [9.17, 15) is 0 Å². The largest absolute Gasteiger partial charge is 0.370 e. The summed E-state index contributed by atoms with van der Waals surface area (Å²) in [5, 5.41) is 14.9. The molecule has 0 atom stereocenters. The molecule has 0 aromatic rings. The average molecular weight is 132 g/mol. The van der Waals surface area contributed by atoms with Gasteiger partial charge in [0, 0.05) is 7.05 Å². The molecule has 0 spiro atoms. The van der Waals surface area contributed by atoms with Crippen LogP contribution < -0.4 is 22.5 Å². The molecule has 0 aliphatic rings. The number of nitrogens with two attached hydrogens (primary N) is 3. The van der Waals surface area contributed by atoms with Crippen molar-refractivity contribution in [2.45, 2.75) is 0 Å². The van der Waals surface area contributed by atoms with Crippen LogP contribution in [-0.2, 0) is 0 Å². The Morgan fingerprint density at radius 2 is 1.33 bits per heavy atom. The molecule has 0 aliphatic heterocycles. The van der Waals surface area contributed by atoms with E-state index in [-0.39, 0.29) is 11.9 Å². The van der Waals surface area contributed by atoms with E-state index in [2.05, 4.69) is 16.8 Å². The monoisotopic (exact) mass is 132 g/mol. The predicted molar refractivity (Wildman–Crippen MR) is 37.1 cm³/mol. The fourth-order valence-corrected chi connectivity index (χ4v) is 0. The van der Waals surface area contributed by atoms with Crippen molar-refractivity contribution in [1.82, 2.24) is 5.32 Å². The van der Waals surface area contributed by atoms with Gasteiger partial charge in [-0.1, -0.05) is 0 Å². The molecule has 54 valence electrons. The number of hydrogen-bond acceptors (Lipinski definition) is 2. The molecule has 0 aromatic heterocycles. The van der Waals surface area contributed by atoms with E-state index < -0.39 is 0 Å². The maximum absolute atomic E-state index is 6.41. The standard InChI is InChI=1S/C2H7N3.CH5N3/c1-5-2(3)4;2-1(3)4/h1H3,(H4,3,4,5);(H5,2,3,4). The summed E-state index contributed by atoms with van der Waals surface area (Å²) in [5.41, 5.74) is 13.7. The SMILES string of the molecule is CNC(=N)N.N=C(N)N. The molecule has 0 aliphatic carbocycles. The minimum absolute atomic E-state index is 0.00463. The Hall–Kier alpha value is -1.46. The maximum atomic E-state index is 6.41. The topological polar surface area (TPSA) is 138 Å². The molecule has 0 aromatic carbocycles. The van der Waals surface area contributed by atoms with Crippen LogP contribution in [0.5, 0.6) is 0 Å². The van der Waals surface area contributed by atoms with E-state index in [1.165, 1.54) is 0 Å². The van der Waals surface area contributed by atoms with Crippen LogP contribution in [0.25, 0.3) is 0 Å². The zero-order valence-corrected chi connectivity index (χ0v) is 5.23. The molecule has 9 heavy (non-hydrogen) atoms. The van der Waals surface area contributed by atoms with Gasteiger partial charge in [0.2, 0.25) is 0 Å². The van der Waals surface area contributed by atoms with Crippen molar-refractivity contribution < 1.29 is 0 Å². The van der Waals surface area contributed by atoms with E-state index in [4.69, 9.17) is 16.6 Å². The van der Waals surface area contributed by atoms with Gasteiger partial charge in [-0.25, -0.2) is 0 Å². The first-order chi connectivity index (χ1) is 4.00. The molecular formula is C3H12N6. The number of hydrogen-bond donors (Lipinski definition) is 6. The normalized spacial score (nSPS) is 6.33. The van der Waals surface area contributed by atoms with Crippen molar-refractivity contribution in [3.05, 3.63) is 0 Å².